The van der Waals surface area contributed by atoms with Crippen molar-refractivity contribution in [2.45, 2.75) is 36.7 Å². The minimum absolute atomic E-state index is 0.0583. The topological polar surface area (TPSA) is 76.5 Å². The first kappa shape index (κ1) is 27.0. The lowest BCUT2D eigenvalue weighted by molar-refractivity contribution is -0.147. The van der Waals surface area contributed by atoms with Gasteiger partial charge in [0, 0.05) is 67.6 Å². The summed E-state index contributed by atoms with van der Waals surface area (Å²) >= 11 is 8.46. The van der Waals surface area contributed by atoms with E-state index in [0.717, 1.165) is 11.6 Å². The predicted octanol–water partition coefficient (Wildman–Crippen LogP) is 3.49. The molecule has 1 aromatic rings. The highest BCUT2D eigenvalue weighted by atomic mass is 35.5. The van der Waals surface area contributed by atoms with Crippen LogP contribution in [0.2, 0.25) is 0 Å². The third-order valence-electron chi connectivity index (χ3n) is 8.59. The standard InChI is InChI=1S/C28H28ClF2N5O3S/c1-4-23(38)36-17-11-33(15(2)37)12-18(36)14-34(13-17)26-20-10-21(29)24(19-6-5-16(30)9-22(19)31)25-28(20,3)35(7-8-40-25)27(39)32-26/h4-6,9-10,17-18,25H,1,7-8,11-14H2,2-3H3. The van der Waals surface area contributed by atoms with Crippen LogP contribution in [0.15, 0.2) is 52.5 Å². The van der Waals surface area contributed by atoms with Crippen LogP contribution in [0.25, 0.3) is 5.57 Å². The molecule has 0 spiro atoms. The maximum absolute atomic E-state index is 15.0. The largest absolute Gasteiger partial charge is 0.352 e. The molecule has 8 nitrogen and oxygen atoms in total. The number of urea groups is 1. The SMILES string of the molecule is C=CC(=O)N1C2CN(C(C)=O)CC1CN(C1=NC(=O)N3CCSC4C(c5ccc(F)cc5F)=C(Cl)C=C1C43C)C2. The van der Waals surface area contributed by atoms with E-state index in [1.54, 1.807) is 32.5 Å². The molecule has 5 aliphatic rings. The number of piperazine rings is 2. The number of rotatable bonds is 2. The van der Waals surface area contributed by atoms with Crippen LogP contribution in [-0.4, -0.2) is 105 Å². The Labute approximate surface area is 240 Å². The number of thioether (sulfide) groups is 1. The summed E-state index contributed by atoms with van der Waals surface area (Å²) in [6.45, 7) is 9.01. The molecule has 4 atom stereocenters. The second-order valence-corrected chi connectivity index (χ2v) is 12.4. The van der Waals surface area contributed by atoms with Gasteiger partial charge in [0.15, 0.2) is 0 Å². The van der Waals surface area contributed by atoms with Crippen LogP contribution in [0.5, 0.6) is 0 Å². The van der Waals surface area contributed by atoms with E-state index in [-0.39, 0.29) is 29.5 Å². The van der Waals surface area contributed by atoms with E-state index >= 15 is 4.39 Å². The zero-order chi connectivity index (χ0) is 28.5. The maximum Gasteiger partial charge on any atom is 0.346 e. The number of benzene rings is 1. The molecule has 1 aliphatic carbocycles. The number of allylic oxidation sites excluding steroid dienone is 2. The highest BCUT2D eigenvalue weighted by Crippen LogP contribution is 2.53. The maximum atomic E-state index is 15.0. The van der Waals surface area contributed by atoms with Crippen molar-refractivity contribution in [2.24, 2.45) is 4.99 Å². The summed E-state index contributed by atoms with van der Waals surface area (Å²) in [5.74, 6) is -0.571. The molecule has 210 valence electrons. The van der Waals surface area contributed by atoms with E-state index in [1.807, 2.05) is 11.8 Å². The van der Waals surface area contributed by atoms with Crippen LogP contribution in [0, 0.1) is 11.6 Å². The molecule has 1 aromatic carbocycles. The van der Waals surface area contributed by atoms with Crippen molar-refractivity contribution >= 4 is 52.6 Å². The van der Waals surface area contributed by atoms with E-state index in [1.165, 1.54) is 25.1 Å². The summed E-state index contributed by atoms with van der Waals surface area (Å²) in [5.41, 5.74) is 0.574. The highest BCUT2D eigenvalue weighted by molar-refractivity contribution is 8.00. The number of fused-ring (bicyclic) bond motifs is 2. The average molecular weight is 588 g/mol. The summed E-state index contributed by atoms with van der Waals surface area (Å²) in [6, 6.07) is 2.40. The molecular weight excluding hydrogens is 560 g/mol. The fraction of sp³-hybridized carbons (Fsp3) is 0.429. The molecular formula is C28H28ClF2N5O3S. The van der Waals surface area contributed by atoms with Crippen LogP contribution in [0.4, 0.5) is 13.6 Å². The second kappa shape index (κ2) is 9.73. The van der Waals surface area contributed by atoms with Crippen LogP contribution < -0.4 is 0 Å². The summed E-state index contributed by atoms with van der Waals surface area (Å²) in [6.07, 6.45) is 3.03. The van der Waals surface area contributed by atoms with Crippen molar-refractivity contribution < 1.29 is 23.2 Å². The lowest BCUT2D eigenvalue weighted by Gasteiger charge is -2.57. The first-order valence-electron chi connectivity index (χ1n) is 13.1. The average Bonchev–Trinajstić information content (AvgIpc) is 2.90. The number of hydrogen-bond acceptors (Lipinski definition) is 5. The van der Waals surface area contributed by atoms with Gasteiger partial charge in [0.25, 0.3) is 0 Å². The molecule has 4 heterocycles. The van der Waals surface area contributed by atoms with E-state index in [0.29, 0.717) is 54.9 Å². The Kier molecular flexibility index (Phi) is 6.57. The van der Waals surface area contributed by atoms with Crippen LogP contribution in [0.3, 0.4) is 0 Å². The molecule has 6 rings (SSSR count). The molecule has 0 radical (unpaired) electrons. The monoisotopic (exact) mass is 587 g/mol. The Morgan fingerprint density at radius 2 is 1.90 bits per heavy atom. The first-order valence-corrected chi connectivity index (χ1v) is 14.5. The number of hydrogen-bond donors (Lipinski definition) is 0. The summed E-state index contributed by atoms with van der Waals surface area (Å²) in [5, 5.41) is -0.109. The number of carbonyl (C=O) groups is 3. The smallest absolute Gasteiger partial charge is 0.346 e. The van der Waals surface area contributed by atoms with Gasteiger partial charge in [0.05, 0.1) is 22.9 Å². The van der Waals surface area contributed by atoms with Crippen LogP contribution in [0.1, 0.15) is 19.4 Å². The van der Waals surface area contributed by atoms with Gasteiger partial charge in [-0.05, 0) is 36.8 Å². The first-order chi connectivity index (χ1) is 19.0. The van der Waals surface area contributed by atoms with Crippen LogP contribution in [-0.2, 0) is 9.59 Å². The zero-order valence-corrected chi connectivity index (χ0v) is 23.6. The number of amides is 4. The Hall–Kier alpha value is -3.18. The van der Waals surface area contributed by atoms with Gasteiger partial charge in [-0.2, -0.15) is 4.99 Å². The summed E-state index contributed by atoms with van der Waals surface area (Å²) < 4.78 is 28.8. The van der Waals surface area contributed by atoms with Gasteiger partial charge in [0.1, 0.15) is 17.5 Å². The molecule has 4 unspecified atom stereocenters. The predicted molar refractivity (Wildman–Crippen MR) is 150 cm³/mol. The van der Waals surface area contributed by atoms with Crippen LogP contribution >= 0.6 is 23.4 Å². The third-order valence-corrected chi connectivity index (χ3v) is 10.3. The minimum atomic E-state index is -0.889. The van der Waals surface area contributed by atoms with Gasteiger partial charge < -0.3 is 19.6 Å². The molecule has 4 aliphatic heterocycles. The molecule has 3 saturated heterocycles. The quantitative estimate of drug-likeness (QED) is 0.495. The van der Waals surface area contributed by atoms with Crippen molar-refractivity contribution in [3.05, 3.63) is 64.7 Å². The van der Waals surface area contributed by atoms with Crippen molar-refractivity contribution in [2.75, 3.05) is 38.5 Å². The number of amidine groups is 1. The van der Waals surface area contributed by atoms with E-state index in [2.05, 4.69) is 11.6 Å². The number of nitrogens with zero attached hydrogens (tertiary/aromatic N) is 5. The number of carbonyl (C=O) groups excluding carboxylic acids is 3. The molecule has 0 aromatic heterocycles. The van der Waals surface area contributed by atoms with Gasteiger partial charge in [-0.15, -0.1) is 11.8 Å². The van der Waals surface area contributed by atoms with Crippen molar-refractivity contribution in [3.8, 4) is 0 Å². The van der Waals surface area contributed by atoms with Gasteiger partial charge in [-0.3, -0.25) is 9.59 Å². The molecule has 4 amide bonds. The summed E-state index contributed by atoms with van der Waals surface area (Å²) in [7, 11) is 0. The number of aliphatic imine (C=N–C) groups is 1. The van der Waals surface area contributed by atoms with Crippen molar-refractivity contribution in [1.29, 1.82) is 0 Å². The van der Waals surface area contributed by atoms with Crippen molar-refractivity contribution in [1.82, 2.24) is 19.6 Å². The normalized spacial score (nSPS) is 29.6. The number of halogens is 3. The molecule has 2 bridgehead atoms. The Morgan fingerprint density at radius 1 is 1.20 bits per heavy atom. The van der Waals surface area contributed by atoms with E-state index < -0.39 is 28.5 Å². The van der Waals surface area contributed by atoms with Gasteiger partial charge in [-0.1, -0.05) is 18.2 Å². The molecule has 0 N–H and O–H groups in total. The fourth-order valence-electron chi connectivity index (χ4n) is 6.77. The lowest BCUT2D eigenvalue weighted by atomic mass is 9.75. The molecule has 3 fully saturated rings. The van der Waals surface area contributed by atoms with Gasteiger partial charge in [0.2, 0.25) is 11.8 Å². The Bertz CT molecular complexity index is 1430. The van der Waals surface area contributed by atoms with Gasteiger partial charge in [-0.25, -0.2) is 13.6 Å². The zero-order valence-electron chi connectivity index (χ0n) is 22.1. The summed E-state index contributed by atoms with van der Waals surface area (Å²) in [4.78, 5) is 50.3. The van der Waals surface area contributed by atoms with Gasteiger partial charge >= 0.3 is 6.03 Å². The molecule has 12 heteroatoms. The van der Waals surface area contributed by atoms with Crippen molar-refractivity contribution in [3.63, 3.8) is 0 Å². The van der Waals surface area contributed by atoms with E-state index in [4.69, 9.17) is 11.6 Å². The molecule has 40 heavy (non-hydrogen) atoms. The lowest BCUT2D eigenvalue weighted by Crippen LogP contribution is -2.72. The Morgan fingerprint density at radius 3 is 2.52 bits per heavy atom. The molecule has 0 saturated carbocycles. The highest BCUT2D eigenvalue weighted by Gasteiger charge is 2.57. The Balaban J connectivity index is 1.44. The second-order valence-electron chi connectivity index (χ2n) is 10.8. The fourth-order valence-corrected chi connectivity index (χ4v) is 8.68. The third kappa shape index (κ3) is 4.00. The van der Waals surface area contributed by atoms with E-state index in [9.17, 15) is 18.8 Å². The minimum Gasteiger partial charge on any atom is -0.352 e.